The fraction of sp³-hybridized carbons (Fsp3) is 0.316. The highest BCUT2D eigenvalue weighted by Crippen LogP contribution is 2.29. The number of para-hydroxylation sites is 2. The van der Waals surface area contributed by atoms with Crippen LogP contribution in [0.25, 0.3) is 0 Å². The first-order valence-corrected chi connectivity index (χ1v) is 10.3. The van der Waals surface area contributed by atoms with E-state index in [1.54, 1.807) is 48.5 Å². The standard InChI is InChI=1S/C19H24N2O6S/c1-14(22)20-15-8-10-17(11-9-15)27-13-16(23)12-21(28(3,24)25)18-6-4-5-7-19(18)26-2/h4-11,16,23H,12-13H2,1-3H3,(H,20,22). The summed E-state index contributed by atoms with van der Waals surface area (Å²) in [6.07, 6.45) is -0.0111. The van der Waals surface area contributed by atoms with Crippen LogP contribution in [-0.4, -0.2) is 52.1 Å². The average molecular weight is 408 g/mol. The van der Waals surface area contributed by atoms with Gasteiger partial charge in [-0.1, -0.05) is 12.1 Å². The number of carbonyl (C=O) groups excluding carboxylic acids is 1. The van der Waals surface area contributed by atoms with E-state index in [-0.39, 0.29) is 19.1 Å². The molecule has 0 heterocycles. The van der Waals surface area contributed by atoms with Crippen LogP contribution in [0.15, 0.2) is 48.5 Å². The Bertz CT molecular complexity index is 899. The molecule has 0 spiro atoms. The van der Waals surface area contributed by atoms with Crippen molar-refractivity contribution in [2.45, 2.75) is 13.0 Å². The number of aliphatic hydroxyl groups is 1. The van der Waals surface area contributed by atoms with Gasteiger partial charge in [0.05, 0.1) is 25.6 Å². The van der Waals surface area contributed by atoms with Crippen LogP contribution < -0.4 is 19.1 Å². The summed E-state index contributed by atoms with van der Waals surface area (Å²) in [5, 5.41) is 13.0. The highest BCUT2D eigenvalue weighted by molar-refractivity contribution is 7.92. The van der Waals surface area contributed by atoms with Crippen molar-refractivity contribution in [1.29, 1.82) is 0 Å². The minimum absolute atomic E-state index is 0.110. The SMILES string of the molecule is COc1ccccc1N(CC(O)COc1ccc(NC(C)=O)cc1)S(C)(=O)=O. The Morgan fingerprint density at radius 2 is 1.82 bits per heavy atom. The number of hydrogen-bond donors (Lipinski definition) is 2. The van der Waals surface area contributed by atoms with Crippen molar-refractivity contribution in [3.05, 3.63) is 48.5 Å². The van der Waals surface area contributed by atoms with E-state index in [1.807, 2.05) is 0 Å². The first-order chi connectivity index (χ1) is 13.2. The molecule has 1 amide bonds. The van der Waals surface area contributed by atoms with Gasteiger partial charge >= 0.3 is 0 Å². The summed E-state index contributed by atoms with van der Waals surface area (Å²) in [5.41, 5.74) is 0.964. The number of aliphatic hydroxyl groups excluding tert-OH is 1. The minimum atomic E-state index is -3.65. The lowest BCUT2D eigenvalue weighted by molar-refractivity contribution is -0.114. The molecule has 2 rings (SSSR count). The number of anilines is 2. The van der Waals surface area contributed by atoms with Crippen LogP contribution in [0.2, 0.25) is 0 Å². The molecule has 0 aliphatic rings. The number of carbonyl (C=O) groups is 1. The van der Waals surface area contributed by atoms with Gasteiger partial charge in [0.2, 0.25) is 15.9 Å². The zero-order valence-electron chi connectivity index (χ0n) is 16.0. The molecule has 152 valence electrons. The third-order valence-electron chi connectivity index (χ3n) is 3.75. The summed E-state index contributed by atoms with van der Waals surface area (Å²) in [7, 11) is -2.20. The van der Waals surface area contributed by atoms with Gasteiger partial charge < -0.3 is 19.9 Å². The van der Waals surface area contributed by atoms with Crippen LogP contribution >= 0.6 is 0 Å². The van der Waals surface area contributed by atoms with Crippen molar-refractivity contribution in [2.24, 2.45) is 0 Å². The molecule has 28 heavy (non-hydrogen) atoms. The first-order valence-electron chi connectivity index (χ1n) is 8.50. The number of benzene rings is 2. The van der Waals surface area contributed by atoms with E-state index < -0.39 is 16.1 Å². The number of rotatable bonds is 9. The van der Waals surface area contributed by atoms with E-state index in [0.717, 1.165) is 10.6 Å². The monoisotopic (exact) mass is 408 g/mol. The lowest BCUT2D eigenvalue weighted by Crippen LogP contribution is -2.39. The Labute approximate surface area is 164 Å². The Kier molecular flexibility index (Phi) is 7.24. The maximum atomic E-state index is 12.2. The highest BCUT2D eigenvalue weighted by Gasteiger charge is 2.24. The predicted molar refractivity (Wildman–Crippen MR) is 107 cm³/mol. The molecule has 0 aliphatic heterocycles. The van der Waals surface area contributed by atoms with Gasteiger partial charge in [-0.3, -0.25) is 9.10 Å². The van der Waals surface area contributed by atoms with Crippen LogP contribution in [0.5, 0.6) is 11.5 Å². The lowest BCUT2D eigenvalue weighted by Gasteiger charge is -2.26. The Morgan fingerprint density at radius 3 is 2.39 bits per heavy atom. The number of ether oxygens (including phenoxy) is 2. The molecule has 0 bridgehead atoms. The molecule has 1 atom stereocenters. The lowest BCUT2D eigenvalue weighted by atomic mass is 10.2. The van der Waals surface area contributed by atoms with E-state index in [0.29, 0.717) is 22.9 Å². The number of methoxy groups -OCH3 is 1. The third-order valence-corrected chi connectivity index (χ3v) is 4.89. The first kappa shape index (κ1) is 21.5. The molecule has 0 radical (unpaired) electrons. The van der Waals surface area contributed by atoms with E-state index in [9.17, 15) is 18.3 Å². The summed E-state index contributed by atoms with van der Waals surface area (Å²) >= 11 is 0. The summed E-state index contributed by atoms with van der Waals surface area (Å²) in [4.78, 5) is 11.0. The Balaban J connectivity index is 2.04. The molecule has 0 aromatic heterocycles. The summed E-state index contributed by atoms with van der Waals surface area (Å²) in [6.45, 7) is 1.11. The summed E-state index contributed by atoms with van der Waals surface area (Å²) in [5.74, 6) is 0.687. The molecular weight excluding hydrogens is 384 g/mol. The fourth-order valence-electron chi connectivity index (χ4n) is 2.52. The third kappa shape index (κ3) is 6.14. The van der Waals surface area contributed by atoms with Gasteiger partial charge in [-0.05, 0) is 36.4 Å². The number of nitrogens with zero attached hydrogens (tertiary/aromatic N) is 1. The van der Waals surface area contributed by atoms with Crippen molar-refractivity contribution >= 4 is 27.3 Å². The second-order valence-electron chi connectivity index (χ2n) is 6.14. The maximum absolute atomic E-state index is 12.2. The quantitative estimate of drug-likeness (QED) is 0.656. The number of sulfonamides is 1. The van der Waals surface area contributed by atoms with Crippen molar-refractivity contribution in [1.82, 2.24) is 0 Å². The van der Waals surface area contributed by atoms with E-state index in [4.69, 9.17) is 9.47 Å². The van der Waals surface area contributed by atoms with Crippen LogP contribution in [0.3, 0.4) is 0 Å². The van der Waals surface area contributed by atoms with Crippen molar-refractivity contribution in [3.63, 3.8) is 0 Å². The highest BCUT2D eigenvalue weighted by atomic mass is 32.2. The van der Waals surface area contributed by atoms with Crippen LogP contribution in [0.1, 0.15) is 6.92 Å². The van der Waals surface area contributed by atoms with Crippen LogP contribution in [0, 0.1) is 0 Å². The van der Waals surface area contributed by atoms with Crippen molar-refractivity contribution in [3.8, 4) is 11.5 Å². The normalized spacial score (nSPS) is 12.1. The number of amides is 1. The average Bonchev–Trinajstić information content (AvgIpc) is 2.64. The van der Waals surface area contributed by atoms with Gasteiger partial charge in [0.25, 0.3) is 0 Å². The van der Waals surface area contributed by atoms with Gasteiger partial charge in [0.15, 0.2) is 0 Å². The molecular formula is C19H24N2O6S. The van der Waals surface area contributed by atoms with Crippen LogP contribution in [0.4, 0.5) is 11.4 Å². The van der Waals surface area contributed by atoms with Crippen molar-refractivity contribution < 1.29 is 27.8 Å². The largest absolute Gasteiger partial charge is 0.495 e. The predicted octanol–water partition coefficient (Wildman–Crippen LogP) is 1.86. The number of nitrogens with one attached hydrogen (secondary N) is 1. The molecule has 8 nitrogen and oxygen atoms in total. The Morgan fingerprint density at radius 1 is 1.18 bits per heavy atom. The molecule has 1 unspecified atom stereocenters. The molecule has 0 saturated carbocycles. The summed E-state index contributed by atoms with van der Waals surface area (Å²) in [6, 6.07) is 13.3. The number of hydrogen-bond acceptors (Lipinski definition) is 6. The molecule has 0 fully saturated rings. The second-order valence-corrected chi connectivity index (χ2v) is 8.04. The van der Waals surface area contributed by atoms with E-state index in [1.165, 1.54) is 14.0 Å². The fourth-order valence-corrected chi connectivity index (χ4v) is 3.47. The molecule has 9 heteroatoms. The molecule has 2 aromatic rings. The van der Waals surface area contributed by atoms with Gasteiger partial charge in [-0.2, -0.15) is 0 Å². The van der Waals surface area contributed by atoms with Crippen LogP contribution in [-0.2, 0) is 14.8 Å². The molecule has 0 saturated heterocycles. The second kappa shape index (κ2) is 9.43. The molecule has 0 aliphatic carbocycles. The Hall–Kier alpha value is -2.78. The zero-order chi connectivity index (χ0) is 20.7. The van der Waals surface area contributed by atoms with Crippen molar-refractivity contribution in [2.75, 3.05) is 36.1 Å². The van der Waals surface area contributed by atoms with Gasteiger partial charge in [-0.15, -0.1) is 0 Å². The zero-order valence-corrected chi connectivity index (χ0v) is 16.8. The molecule has 2 N–H and O–H groups in total. The minimum Gasteiger partial charge on any atom is -0.495 e. The maximum Gasteiger partial charge on any atom is 0.232 e. The summed E-state index contributed by atoms with van der Waals surface area (Å²) < 4.78 is 36.3. The van der Waals surface area contributed by atoms with Gasteiger partial charge in [-0.25, -0.2) is 8.42 Å². The van der Waals surface area contributed by atoms with E-state index in [2.05, 4.69) is 5.32 Å². The topological polar surface area (TPSA) is 105 Å². The smallest absolute Gasteiger partial charge is 0.232 e. The van der Waals surface area contributed by atoms with Gasteiger partial charge in [0.1, 0.15) is 24.2 Å². The molecule has 2 aromatic carbocycles. The van der Waals surface area contributed by atoms with Gasteiger partial charge in [0, 0.05) is 12.6 Å². The van der Waals surface area contributed by atoms with E-state index >= 15 is 0 Å².